The van der Waals surface area contributed by atoms with Crippen molar-refractivity contribution in [1.29, 1.82) is 0 Å². The summed E-state index contributed by atoms with van der Waals surface area (Å²) < 4.78 is 25.7. The van der Waals surface area contributed by atoms with Gasteiger partial charge in [0.15, 0.2) is 0 Å². The first-order valence-corrected chi connectivity index (χ1v) is 10.6. The van der Waals surface area contributed by atoms with Crippen LogP contribution in [-0.4, -0.2) is 46.2 Å². The third-order valence-corrected chi connectivity index (χ3v) is 6.43. The van der Waals surface area contributed by atoms with Gasteiger partial charge < -0.3 is 19.7 Å². The van der Waals surface area contributed by atoms with Crippen LogP contribution in [0.4, 0.5) is 9.18 Å². The van der Waals surface area contributed by atoms with E-state index >= 15 is 0 Å². The molecule has 0 bridgehead atoms. The van der Waals surface area contributed by atoms with E-state index in [0.717, 1.165) is 5.56 Å². The van der Waals surface area contributed by atoms with Crippen LogP contribution in [0.25, 0.3) is 0 Å². The standard InChI is InChI=1S/C21H19FN2O4S2/c1-24-14(11-27-21(24)26)8-12-2-5-15(6-3-12)28-16-7-4-13(17(22)10-16)9-18-19(25)23-20(29)30-18/h2-7,10,14,18H,8-9,11H2,1H3,(H,23,25,29). The maximum absolute atomic E-state index is 14.5. The summed E-state index contributed by atoms with van der Waals surface area (Å²) in [7, 11) is 1.72. The maximum Gasteiger partial charge on any atom is 0.409 e. The van der Waals surface area contributed by atoms with Gasteiger partial charge in [0, 0.05) is 13.1 Å². The molecule has 2 unspecified atom stereocenters. The van der Waals surface area contributed by atoms with Gasteiger partial charge in [-0.15, -0.1) is 0 Å². The van der Waals surface area contributed by atoms with E-state index in [-0.39, 0.29) is 24.5 Å². The minimum absolute atomic E-state index is 0.0142. The number of nitrogens with zero attached hydrogens (tertiary/aromatic N) is 1. The van der Waals surface area contributed by atoms with E-state index in [1.807, 2.05) is 12.1 Å². The van der Waals surface area contributed by atoms with Crippen LogP contribution in [0.2, 0.25) is 0 Å². The first-order chi connectivity index (χ1) is 14.4. The monoisotopic (exact) mass is 446 g/mol. The lowest BCUT2D eigenvalue weighted by atomic mass is 10.1. The van der Waals surface area contributed by atoms with Gasteiger partial charge in [-0.05, 0) is 42.2 Å². The molecule has 6 nitrogen and oxygen atoms in total. The molecule has 2 aromatic rings. The third kappa shape index (κ3) is 4.57. The number of likely N-dealkylation sites (N-methyl/N-ethyl adjacent to an activating group) is 1. The second-order valence-corrected chi connectivity index (χ2v) is 9.01. The second-order valence-electron chi connectivity index (χ2n) is 7.13. The van der Waals surface area contributed by atoms with Crippen LogP contribution in [0.5, 0.6) is 11.5 Å². The molecule has 2 aromatic carbocycles. The van der Waals surface area contributed by atoms with Crippen molar-refractivity contribution in [2.75, 3.05) is 13.7 Å². The molecular formula is C21H19FN2O4S2. The van der Waals surface area contributed by atoms with Gasteiger partial charge in [0.2, 0.25) is 5.91 Å². The molecule has 1 N–H and O–H groups in total. The van der Waals surface area contributed by atoms with Crippen molar-refractivity contribution >= 4 is 40.3 Å². The molecule has 0 spiro atoms. The Balaban J connectivity index is 1.37. The molecule has 2 atom stereocenters. The topological polar surface area (TPSA) is 67.9 Å². The molecule has 0 aliphatic carbocycles. The van der Waals surface area contributed by atoms with Crippen LogP contribution in [0, 0.1) is 5.82 Å². The number of carbonyl (C=O) groups excluding carboxylic acids is 2. The Kier molecular flexibility index (Phi) is 5.92. The molecule has 0 aromatic heterocycles. The minimum atomic E-state index is -0.427. The van der Waals surface area contributed by atoms with Crippen molar-refractivity contribution < 1.29 is 23.5 Å². The van der Waals surface area contributed by atoms with Crippen molar-refractivity contribution in [3.8, 4) is 11.5 Å². The fraction of sp³-hybridized carbons (Fsp3) is 0.286. The summed E-state index contributed by atoms with van der Waals surface area (Å²) in [5.41, 5.74) is 1.48. The molecule has 0 saturated carbocycles. The number of hydrogen-bond donors (Lipinski definition) is 1. The van der Waals surface area contributed by atoms with Gasteiger partial charge in [-0.25, -0.2) is 9.18 Å². The minimum Gasteiger partial charge on any atom is -0.457 e. The fourth-order valence-corrected chi connectivity index (χ4v) is 4.61. The van der Waals surface area contributed by atoms with E-state index in [2.05, 4.69) is 5.32 Å². The predicted octanol–water partition coefficient (Wildman–Crippen LogP) is 3.67. The fourth-order valence-electron chi connectivity index (χ4n) is 3.31. The first-order valence-electron chi connectivity index (χ1n) is 9.35. The van der Waals surface area contributed by atoms with Gasteiger partial charge in [0.1, 0.15) is 28.2 Å². The molecule has 0 radical (unpaired) electrons. The van der Waals surface area contributed by atoms with Crippen LogP contribution >= 0.6 is 24.0 Å². The lowest BCUT2D eigenvalue weighted by molar-refractivity contribution is -0.118. The molecule has 30 heavy (non-hydrogen) atoms. The Bertz CT molecular complexity index is 999. The van der Waals surface area contributed by atoms with E-state index in [4.69, 9.17) is 21.7 Å². The van der Waals surface area contributed by atoms with Gasteiger partial charge in [-0.3, -0.25) is 4.79 Å². The van der Waals surface area contributed by atoms with Gasteiger partial charge in [-0.2, -0.15) is 0 Å². The summed E-state index contributed by atoms with van der Waals surface area (Å²) in [6.45, 7) is 0.381. The Morgan fingerprint density at radius 3 is 2.53 bits per heavy atom. The number of amides is 2. The Labute approximate surface area is 182 Å². The number of thioether (sulfide) groups is 1. The summed E-state index contributed by atoms with van der Waals surface area (Å²) in [5.74, 6) is 0.334. The smallest absolute Gasteiger partial charge is 0.409 e. The predicted molar refractivity (Wildman–Crippen MR) is 115 cm³/mol. The van der Waals surface area contributed by atoms with Crippen molar-refractivity contribution in [1.82, 2.24) is 10.2 Å². The lowest BCUT2D eigenvalue weighted by Gasteiger charge is -2.16. The summed E-state index contributed by atoms with van der Waals surface area (Å²) in [5, 5.41) is 2.15. The van der Waals surface area contributed by atoms with Crippen molar-refractivity contribution in [3.05, 3.63) is 59.4 Å². The quantitative estimate of drug-likeness (QED) is 0.683. The summed E-state index contributed by atoms with van der Waals surface area (Å²) >= 11 is 6.21. The normalized spacial score (nSPS) is 21.0. The highest BCUT2D eigenvalue weighted by molar-refractivity contribution is 8.24. The molecule has 2 amide bonds. The molecule has 4 rings (SSSR count). The number of carbonyl (C=O) groups is 2. The van der Waals surface area contributed by atoms with Crippen LogP contribution in [0.1, 0.15) is 11.1 Å². The van der Waals surface area contributed by atoms with Gasteiger partial charge in [0.25, 0.3) is 0 Å². The second kappa shape index (κ2) is 8.61. The molecule has 2 heterocycles. The first kappa shape index (κ1) is 20.6. The number of cyclic esters (lactones) is 1. The van der Waals surface area contributed by atoms with E-state index in [0.29, 0.717) is 34.4 Å². The number of hydrogen-bond acceptors (Lipinski definition) is 6. The van der Waals surface area contributed by atoms with Gasteiger partial charge >= 0.3 is 6.09 Å². The molecule has 2 saturated heterocycles. The zero-order chi connectivity index (χ0) is 21.3. The molecule has 2 aliphatic heterocycles. The highest BCUT2D eigenvalue weighted by Gasteiger charge is 2.30. The molecule has 2 fully saturated rings. The largest absolute Gasteiger partial charge is 0.457 e. The maximum atomic E-state index is 14.5. The SMILES string of the molecule is CN1C(=O)OCC1Cc1ccc(Oc2ccc(CC3SC(=S)NC3=O)c(F)c2)cc1. The van der Waals surface area contributed by atoms with Crippen LogP contribution in [0.3, 0.4) is 0 Å². The Hall–Kier alpha value is -2.65. The highest BCUT2D eigenvalue weighted by atomic mass is 32.2. The number of thiocarbonyl (C=S) groups is 1. The molecule has 156 valence electrons. The van der Waals surface area contributed by atoms with Gasteiger partial charge in [-0.1, -0.05) is 42.2 Å². The lowest BCUT2D eigenvalue weighted by Crippen LogP contribution is -2.30. The highest BCUT2D eigenvalue weighted by Crippen LogP contribution is 2.28. The average molecular weight is 447 g/mol. The van der Waals surface area contributed by atoms with E-state index in [9.17, 15) is 14.0 Å². The average Bonchev–Trinajstić information content (AvgIpc) is 3.20. The Morgan fingerprint density at radius 2 is 1.93 bits per heavy atom. The van der Waals surface area contributed by atoms with Crippen LogP contribution < -0.4 is 10.1 Å². The zero-order valence-electron chi connectivity index (χ0n) is 16.1. The van der Waals surface area contributed by atoms with Gasteiger partial charge in [0.05, 0.1) is 11.3 Å². The molecule has 2 aliphatic rings. The number of ether oxygens (including phenoxy) is 2. The van der Waals surface area contributed by atoms with E-state index in [1.54, 1.807) is 36.2 Å². The summed E-state index contributed by atoms with van der Waals surface area (Å²) in [4.78, 5) is 24.8. The van der Waals surface area contributed by atoms with E-state index < -0.39 is 11.1 Å². The number of benzene rings is 2. The molecule has 9 heteroatoms. The van der Waals surface area contributed by atoms with Crippen molar-refractivity contribution in [2.45, 2.75) is 24.1 Å². The summed E-state index contributed by atoms with van der Waals surface area (Å²) in [6.07, 6.45) is 0.640. The third-order valence-electron chi connectivity index (χ3n) is 5.06. The van der Waals surface area contributed by atoms with Crippen LogP contribution in [-0.2, 0) is 22.4 Å². The number of rotatable bonds is 6. The van der Waals surface area contributed by atoms with Crippen LogP contribution in [0.15, 0.2) is 42.5 Å². The zero-order valence-corrected chi connectivity index (χ0v) is 17.7. The summed E-state index contributed by atoms with van der Waals surface area (Å²) in [6, 6.07) is 12.1. The number of halogens is 1. The number of nitrogens with one attached hydrogen (secondary N) is 1. The van der Waals surface area contributed by atoms with Crippen molar-refractivity contribution in [3.63, 3.8) is 0 Å². The van der Waals surface area contributed by atoms with Crippen molar-refractivity contribution in [2.24, 2.45) is 0 Å². The van der Waals surface area contributed by atoms with E-state index in [1.165, 1.54) is 17.8 Å². The molecular weight excluding hydrogens is 427 g/mol. The Morgan fingerprint density at radius 1 is 1.20 bits per heavy atom.